The third-order valence-corrected chi connectivity index (χ3v) is 3.62. The van der Waals surface area contributed by atoms with E-state index in [9.17, 15) is 4.21 Å². The summed E-state index contributed by atoms with van der Waals surface area (Å²) in [5.41, 5.74) is 6.30. The lowest BCUT2D eigenvalue weighted by Gasteiger charge is -2.07. The molecule has 0 aromatic heterocycles. The molecule has 2 N–H and O–H groups in total. The average molecular weight is 241 g/mol. The molecule has 1 unspecified atom stereocenters. The van der Waals surface area contributed by atoms with Gasteiger partial charge in [-0.25, -0.2) is 0 Å². The summed E-state index contributed by atoms with van der Waals surface area (Å²) in [6.07, 6.45) is 0. The molecule has 1 aromatic rings. The van der Waals surface area contributed by atoms with E-state index in [0.29, 0.717) is 24.0 Å². The van der Waals surface area contributed by atoms with Crippen molar-refractivity contribution in [3.05, 3.63) is 24.3 Å². The Morgan fingerprint density at radius 1 is 1.44 bits per heavy atom. The van der Waals surface area contributed by atoms with Crippen molar-refractivity contribution in [3.63, 3.8) is 0 Å². The molecular weight excluding hydrogens is 222 g/mol. The van der Waals surface area contributed by atoms with Crippen LogP contribution in [-0.4, -0.2) is 22.3 Å². The Balaban J connectivity index is 2.28. The molecule has 1 atom stereocenters. The van der Waals surface area contributed by atoms with Crippen molar-refractivity contribution >= 4 is 16.5 Å². The van der Waals surface area contributed by atoms with Gasteiger partial charge in [0.15, 0.2) is 0 Å². The molecule has 0 saturated heterocycles. The van der Waals surface area contributed by atoms with Crippen LogP contribution in [0.1, 0.15) is 13.8 Å². The van der Waals surface area contributed by atoms with Gasteiger partial charge in [-0.05, 0) is 18.1 Å². The minimum absolute atomic E-state index is 0.466. The zero-order chi connectivity index (χ0) is 12.0. The van der Waals surface area contributed by atoms with E-state index in [2.05, 4.69) is 13.8 Å². The summed E-state index contributed by atoms with van der Waals surface area (Å²) >= 11 is 0. The van der Waals surface area contributed by atoms with Gasteiger partial charge in [-0.2, -0.15) is 0 Å². The number of rotatable bonds is 6. The smallest absolute Gasteiger partial charge is 0.121 e. The van der Waals surface area contributed by atoms with E-state index in [1.54, 1.807) is 6.07 Å². The van der Waals surface area contributed by atoms with Gasteiger partial charge in [0.1, 0.15) is 5.75 Å². The van der Waals surface area contributed by atoms with Crippen LogP contribution in [0.2, 0.25) is 0 Å². The maximum atomic E-state index is 11.5. The number of hydrogen-bond acceptors (Lipinski definition) is 3. The molecule has 1 aromatic carbocycles. The second kappa shape index (κ2) is 6.53. The Labute approximate surface area is 99.4 Å². The largest absolute Gasteiger partial charge is 0.493 e. The molecule has 0 fully saturated rings. The molecule has 4 heteroatoms. The van der Waals surface area contributed by atoms with Crippen LogP contribution in [0.15, 0.2) is 24.3 Å². The number of nitrogen functional groups attached to an aromatic ring is 1. The van der Waals surface area contributed by atoms with Crippen LogP contribution in [0, 0.1) is 5.92 Å². The van der Waals surface area contributed by atoms with Crippen LogP contribution in [0.25, 0.3) is 0 Å². The van der Waals surface area contributed by atoms with Gasteiger partial charge in [-0.15, -0.1) is 0 Å². The second-order valence-corrected chi connectivity index (χ2v) is 5.75. The fourth-order valence-corrected chi connectivity index (χ4v) is 2.49. The zero-order valence-corrected chi connectivity index (χ0v) is 10.6. The first-order valence-corrected chi connectivity index (χ1v) is 6.90. The molecule has 0 bridgehead atoms. The number of ether oxygens (including phenoxy) is 1. The van der Waals surface area contributed by atoms with Gasteiger partial charge in [0.2, 0.25) is 0 Å². The third-order valence-electron chi connectivity index (χ3n) is 1.96. The fraction of sp³-hybridized carbons (Fsp3) is 0.500. The third kappa shape index (κ3) is 5.16. The highest BCUT2D eigenvalue weighted by molar-refractivity contribution is 7.85. The summed E-state index contributed by atoms with van der Waals surface area (Å²) in [6.45, 7) is 4.61. The molecule has 0 spiro atoms. The first kappa shape index (κ1) is 13.0. The first-order chi connectivity index (χ1) is 7.58. The van der Waals surface area contributed by atoms with Gasteiger partial charge < -0.3 is 10.5 Å². The second-order valence-electron chi connectivity index (χ2n) is 4.13. The normalized spacial score (nSPS) is 12.7. The lowest BCUT2D eigenvalue weighted by atomic mass is 10.3. The van der Waals surface area contributed by atoms with Crippen LogP contribution in [0.4, 0.5) is 5.69 Å². The summed E-state index contributed by atoms with van der Waals surface area (Å²) in [4.78, 5) is 0. The standard InChI is InChI=1S/C12H19NO2S/c1-10(2)9-16(14)7-6-15-12-5-3-4-11(13)8-12/h3-5,8,10H,6-7,9,13H2,1-2H3. The summed E-state index contributed by atoms with van der Waals surface area (Å²) in [5, 5.41) is 0. The van der Waals surface area contributed by atoms with E-state index in [0.717, 1.165) is 11.5 Å². The molecule has 0 saturated carbocycles. The maximum absolute atomic E-state index is 11.5. The molecule has 3 nitrogen and oxygen atoms in total. The van der Waals surface area contributed by atoms with Crippen LogP contribution in [0.5, 0.6) is 5.75 Å². The van der Waals surface area contributed by atoms with E-state index in [1.807, 2.05) is 18.2 Å². The Hall–Kier alpha value is -1.03. The molecular formula is C12H19NO2S. The Morgan fingerprint density at radius 3 is 2.81 bits per heavy atom. The van der Waals surface area contributed by atoms with E-state index >= 15 is 0 Å². The number of nitrogens with two attached hydrogens (primary N) is 1. The van der Waals surface area contributed by atoms with Gasteiger partial charge in [-0.1, -0.05) is 19.9 Å². The summed E-state index contributed by atoms with van der Waals surface area (Å²) in [6, 6.07) is 7.27. The number of hydrogen-bond donors (Lipinski definition) is 1. The molecule has 90 valence electrons. The predicted octanol–water partition coefficient (Wildman–Crippen LogP) is 2.05. The van der Waals surface area contributed by atoms with Crippen molar-refractivity contribution in [2.75, 3.05) is 23.8 Å². The van der Waals surface area contributed by atoms with Gasteiger partial charge in [0, 0.05) is 28.3 Å². The molecule has 1 rings (SSSR count). The zero-order valence-electron chi connectivity index (χ0n) is 9.81. The minimum Gasteiger partial charge on any atom is -0.493 e. The average Bonchev–Trinajstić information content (AvgIpc) is 2.16. The van der Waals surface area contributed by atoms with Gasteiger partial charge in [0.25, 0.3) is 0 Å². The van der Waals surface area contributed by atoms with Crippen molar-refractivity contribution in [1.29, 1.82) is 0 Å². The minimum atomic E-state index is -0.785. The van der Waals surface area contributed by atoms with Crippen LogP contribution in [-0.2, 0) is 10.8 Å². The van der Waals surface area contributed by atoms with Gasteiger partial charge >= 0.3 is 0 Å². The summed E-state index contributed by atoms with van der Waals surface area (Å²) < 4.78 is 17.0. The topological polar surface area (TPSA) is 52.3 Å². The molecule has 0 amide bonds. The van der Waals surface area contributed by atoms with E-state index in [1.165, 1.54) is 0 Å². The number of benzene rings is 1. The molecule has 16 heavy (non-hydrogen) atoms. The Kier molecular flexibility index (Phi) is 5.32. The van der Waals surface area contributed by atoms with Crippen molar-refractivity contribution in [2.24, 2.45) is 5.92 Å². The van der Waals surface area contributed by atoms with Gasteiger partial charge in [-0.3, -0.25) is 4.21 Å². The molecule has 0 aliphatic carbocycles. The highest BCUT2D eigenvalue weighted by Crippen LogP contribution is 2.14. The molecule has 0 aliphatic heterocycles. The SMILES string of the molecule is CC(C)CS(=O)CCOc1cccc(N)c1. The van der Waals surface area contributed by atoms with Crippen molar-refractivity contribution in [1.82, 2.24) is 0 Å². The maximum Gasteiger partial charge on any atom is 0.121 e. The molecule has 0 heterocycles. The quantitative estimate of drug-likeness (QED) is 0.776. The molecule has 0 aliphatic rings. The molecule has 0 radical (unpaired) electrons. The van der Waals surface area contributed by atoms with Gasteiger partial charge in [0.05, 0.1) is 12.4 Å². The van der Waals surface area contributed by atoms with Crippen molar-refractivity contribution in [3.8, 4) is 5.75 Å². The summed E-state index contributed by atoms with van der Waals surface area (Å²) in [7, 11) is -0.785. The van der Waals surface area contributed by atoms with Crippen LogP contribution in [0.3, 0.4) is 0 Å². The fourth-order valence-electron chi connectivity index (χ4n) is 1.31. The van der Waals surface area contributed by atoms with Crippen molar-refractivity contribution < 1.29 is 8.95 Å². The Morgan fingerprint density at radius 2 is 2.19 bits per heavy atom. The summed E-state index contributed by atoms with van der Waals surface area (Å²) in [5.74, 6) is 2.52. The van der Waals surface area contributed by atoms with Crippen LogP contribution >= 0.6 is 0 Å². The van der Waals surface area contributed by atoms with Crippen molar-refractivity contribution in [2.45, 2.75) is 13.8 Å². The highest BCUT2D eigenvalue weighted by atomic mass is 32.2. The first-order valence-electron chi connectivity index (χ1n) is 5.41. The lowest BCUT2D eigenvalue weighted by molar-refractivity contribution is 0.342. The lowest BCUT2D eigenvalue weighted by Crippen LogP contribution is -2.13. The van der Waals surface area contributed by atoms with Crippen LogP contribution < -0.4 is 10.5 Å². The van der Waals surface area contributed by atoms with E-state index in [4.69, 9.17) is 10.5 Å². The highest BCUT2D eigenvalue weighted by Gasteiger charge is 2.03. The monoisotopic (exact) mass is 241 g/mol. The predicted molar refractivity (Wildman–Crippen MR) is 69.1 cm³/mol. The number of anilines is 1. The Bertz CT molecular complexity index is 353. The van der Waals surface area contributed by atoms with E-state index in [-0.39, 0.29) is 0 Å². The van der Waals surface area contributed by atoms with E-state index < -0.39 is 10.8 Å².